The second-order valence-electron chi connectivity index (χ2n) is 4.29. The molecule has 1 unspecified atom stereocenters. The van der Waals surface area contributed by atoms with Gasteiger partial charge >= 0.3 is 0 Å². The smallest absolute Gasteiger partial charge is 0.257 e. The molecule has 1 aromatic carbocycles. The molecule has 102 valence electrons. The number of nitrogens with one attached hydrogen (secondary N) is 1. The molecule has 1 atom stereocenters. The van der Waals surface area contributed by atoms with E-state index in [2.05, 4.69) is 12.2 Å². The molecule has 0 aromatic heterocycles. The van der Waals surface area contributed by atoms with E-state index in [0.717, 1.165) is 5.75 Å². The van der Waals surface area contributed by atoms with Gasteiger partial charge in [-0.1, -0.05) is 6.92 Å². The van der Waals surface area contributed by atoms with E-state index >= 15 is 0 Å². The fourth-order valence-electron chi connectivity index (χ4n) is 1.46. The van der Waals surface area contributed by atoms with E-state index in [9.17, 15) is 4.79 Å². The standard InChI is InChI=1S/C14H18N2O2S/c1-11(10-19-2)8-16-14(17)9-18-13-5-3-12(7-15)4-6-13/h3-6,11H,8-10H2,1-2H3,(H,16,17). The average Bonchev–Trinajstić information content (AvgIpc) is 2.44. The van der Waals surface area contributed by atoms with Gasteiger partial charge in [0, 0.05) is 6.54 Å². The minimum absolute atomic E-state index is 0.00210. The van der Waals surface area contributed by atoms with E-state index in [4.69, 9.17) is 10.00 Å². The molecular weight excluding hydrogens is 260 g/mol. The van der Waals surface area contributed by atoms with Gasteiger partial charge in [0.05, 0.1) is 11.6 Å². The number of benzene rings is 1. The molecule has 1 amide bonds. The van der Waals surface area contributed by atoms with Crippen molar-refractivity contribution in [2.24, 2.45) is 5.92 Å². The Hall–Kier alpha value is -1.67. The van der Waals surface area contributed by atoms with Crippen molar-refractivity contribution in [1.29, 1.82) is 5.26 Å². The first kappa shape index (κ1) is 15.4. The molecule has 0 radical (unpaired) electrons. The van der Waals surface area contributed by atoms with Gasteiger partial charge in [0.25, 0.3) is 5.91 Å². The summed E-state index contributed by atoms with van der Waals surface area (Å²) in [6, 6.07) is 8.71. The van der Waals surface area contributed by atoms with Gasteiger partial charge in [-0.3, -0.25) is 4.79 Å². The van der Waals surface area contributed by atoms with E-state index in [-0.39, 0.29) is 12.5 Å². The quantitative estimate of drug-likeness (QED) is 0.829. The van der Waals surface area contributed by atoms with Crippen LogP contribution in [0.1, 0.15) is 12.5 Å². The normalized spacial score (nSPS) is 11.4. The lowest BCUT2D eigenvalue weighted by atomic mass is 10.2. The number of carbonyl (C=O) groups is 1. The maximum Gasteiger partial charge on any atom is 0.257 e. The molecule has 1 aromatic rings. The third-order valence-electron chi connectivity index (χ3n) is 2.45. The fourth-order valence-corrected chi connectivity index (χ4v) is 2.14. The van der Waals surface area contributed by atoms with Crippen molar-refractivity contribution in [3.63, 3.8) is 0 Å². The highest BCUT2D eigenvalue weighted by atomic mass is 32.2. The summed E-state index contributed by atoms with van der Waals surface area (Å²) in [7, 11) is 0. The molecule has 0 saturated heterocycles. The van der Waals surface area contributed by atoms with E-state index in [1.807, 2.05) is 12.3 Å². The highest BCUT2D eigenvalue weighted by molar-refractivity contribution is 7.98. The Morgan fingerprint density at radius 3 is 2.74 bits per heavy atom. The van der Waals surface area contributed by atoms with Crippen molar-refractivity contribution in [3.8, 4) is 11.8 Å². The lowest BCUT2D eigenvalue weighted by Gasteiger charge is -2.11. The van der Waals surface area contributed by atoms with E-state index < -0.39 is 0 Å². The lowest BCUT2D eigenvalue weighted by molar-refractivity contribution is -0.123. The average molecular weight is 278 g/mol. The van der Waals surface area contributed by atoms with Crippen molar-refractivity contribution >= 4 is 17.7 Å². The minimum Gasteiger partial charge on any atom is -0.484 e. The molecule has 0 spiro atoms. The fraction of sp³-hybridized carbons (Fsp3) is 0.429. The number of rotatable bonds is 7. The topological polar surface area (TPSA) is 62.1 Å². The van der Waals surface area contributed by atoms with E-state index in [0.29, 0.717) is 23.8 Å². The maximum atomic E-state index is 11.6. The molecule has 0 saturated carbocycles. The van der Waals surface area contributed by atoms with Crippen LogP contribution in [0.2, 0.25) is 0 Å². The Morgan fingerprint density at radius 2 is 2.16 bits per heavy atom. The van der Waals surface area contributed by atoms with E-state index in [1.165, 1.54) is 0 Å². The van der Waals surface area contributed by atoms with Gasteiger partial charge in [-0.25, -0.2) is 0 Å². The van der Waals surface area contributed by atoms with Crippen molar-refractivity contribution in [3.05, 3.63) is 29.8 Å². The summed E-state index contributed by atoms with van der Waals surface area (Å²) >= 11 is 1.77. The summed E-state index contributed by atoms with van der Waals surface area (Å²) in [5.74, 6) is 1.94. The number of hydrogen-bond donors (Lipinski definition) is 1. The first-order valence-corrected chi connectivity index (χ1v) is 7.43. The molecule has 0 aliphatic heterocycles. The monoisotopic (exact) mass is 278 g/mol. The molecule has 0 heterocycles. The van der Waals surface area contributed by atoms with Crippen LogP contribution in [-0.4, -0.2) is 31.1 Å². The molecule has 0 bridgehead atoms. The summed E-state index contributed by atoms with van der Waals surface area (Å²) in [6.45, 7) is 2.76. The van der Waals surface area contributed by atoms with Crippen LogP contribution in [0.25, 0.3) is 0 Å². The van der Waals surface area contributed by atoms with Crippen LogP contribution in [0, 0.1) is 17.2 Å². The van der Waals surface area contributed by atoms with Crippen LogP contribution in [-0.2, 0) is 4.79 Å². The predicted molar refractivity (Wildman–Crippen MR) is 77.2 cm³/mol. The third kappa shape index (κ3) is 6.16. The zero-order valence-electron chi connectivity index (χ0n) is 11.2. The molecule has 0 fully saturated rings. The second-order valence-corrected chi connectivity index (χ2v) is 5.20. The molecule has 0 aliphatic carbocycles. The van der Waals surface area contributed by atoms with Gasteiger partial charge < -0.3 is 10.1 Å². The Kier molecular flexibility index (Phi) is 6.83. The highest BCUT2D eigenvalue weighted by Gasteiger charge is 2.06. The Labute approximate surface area is 118 Å². The van der Waals surface area contributed by atoms with Crippen LogP contribution >= 0.6 is 11.8 Å². The molecule has 4 nitrogen and oxygen atoms in total. The maximum absolute atomic E-state index is 11.6. The first-order chi connectivity index (χ1) is 9.15. The SMILES string of the molecule is CSCC(C)CNC(=O)COc1ccc(C#N)cc1. The molecule has 1 N–H and O–H groups in total. The molecule has 0 aliphatic rings. The summed E-state index contributed by atoms with van der Waals surface area (Å²) in [5, 5.41) is 11.5. The van der Waals surface area contributed by atoms with Crippen molar-refractivity contribution < 1.29 is 9.53 Å². The predicted octanol–water partition coefficient (Wildman–Crippen LogP) is 2.05. The number of amides is 1. The second kappa shape index (κ2) is 8.44. The van der Waals surface area contributed by atoms with Gasteiger partial charge in [-0.15, -0.1) is 0 Å². The molecule has 5 heteroatoms. The lowest BCUT2D eigenvalue weighted by Crippen LogP contribution is -2.33. The Bertz CT molecular complexity index is 440. The van der Waals surface area contributed by atoms with Gasteiger partial charge in [0.15, 0.2) is 6.61 Å². The van der Waals surface area contributed by atoms with Gasteiger partial charge in [0.2, 0.25) is 0 Å². The van der Waals surface area contributed by atoms with Crippen molar-refractivity contribution in [1.82, 2.24) is 5.32 Å². The number of carbonyl (C=O) groups excluding carboxylic acids is 1. The van der Waals surface area contributed by atoms with E-state index in [1.54, 1.807) is 36.0 Å². The summed E-state index contributed by atoms with van der Waals surface area (Å²) in [4.78, 5) is 11.6. The minimum atomic E-state index is -0.127. The van der Waals surface area contributed by atoms with Crippen LogP contribution in [0.3, 0.4) is 0 Å². The Balaban J connectivity index is 2.28. The van der Waals surface area contributed by atoms with Gasteiger partial charge in [-0.05, 0) is 42.2 Å². The number of ether oxygens (including phenoxy) is 1. The zero-order valence-corrected chi connectivity index (χ0v) is 12.0. The number of hydrogen-bond acceptors (Lipinski definition) is 4. The number of thioether (sulfide) groups is 1. The van der Waals surface area contributed by atoms with Crippen LogP contribution in [0.5, 0.6) is 5.75 Å². The van der Waals surface area contributed by atoms with Crippen LogP contribution < -0.4 is 10.1 Å². The number of nitrogens with zero attached hydrogens (tertiary/aromatic N) is 1. The molecule has 1 rings (SSSR count). The van der Waals surface area contributed by atoms with Crippen molar-refractivity contribution in [2.75, 3.05) is 25.2 Å². The van der Waals surface area contributed by atoms with Gasteiger partial charge in [-0.2, -0.15) is 17.0 Å². The summed E-state index contributed by atoms with van der Waals surface area (Å²) in [5.41, 5.74) is 0.572. The Morgan fingerprint density at radius 1 is 1.47 bits per heavy atom. The number of nitriles is 1. The highest BCUT2D eigenvalue weighted by Crippen LogP contribution is 2.11. The third-order valence-corrected chi connectivity index (χ3v) is 3.35. The molecular formula is C14H18N2O2S. The first-order valence-electron chi connectivity index (χ1n) is 6.04. The van der Waals surface area contributed by atoms with Crippen molar-refractivity contribution in [2.45, 2.75) is 6.92 Å². The zero-order chi connectivity index (χ0) is 14.1. The largest absolute Gasteiger partial charge is 0.484 e. The van der Waals surface area contributed by atoms with Crippen LogP contribution in [0.15, 0.2) is 24.3 Å². The summed E-state index contributed by atoms with van der Waals surface area (Å²) in [6.07, 6.45) is 2.05. The van der Waals surface area contributed by atoms with Crippen LogP contribution in [0.4, 0.5) is 0 Å². The van der Waals surface area contributed by atoms with Gasteiger partial charge in [0.1, 0.15) is 5.75 Å². The molecule has 19 heavy (non-hydrogen) atoms. The summed E-state index contributed by atoms with van der Waals surface area (Å²) < 4.78 is 5.33.